The molecule has 0 aromatic carbocycles. The zero-order valence-corrected chi connectivity index (χ0v) is 11.6. The van der Waals surface area contributed by atoms with Crippen LogP contribution in [0.4, 0.5) is 5.69 Å². The summed E-state index contributed by atoms with van der Waals surface area (Å²) < 4.78 is 0. The molecule has 0 radical (unpaired) electrons. The predicted molar refractivity (Wildman–Crippen MR) is 76.7 cm³/mol. The molecular weight excluding hydrogens is 238 g/mol. The van der Waals surface area contributed by atoms with Gasteiger partial charge in [0.15, 0.2) is 0 Å². The van der Waals surface area contributed by atoms with Gasteiger partial charge in [0.05, 0.1) is 5.41 Å². The van der Waals surface area contributed by atoms with Gasteiger partial charge in [-0.05, 0) is 31.4 Å². The van der Waals surface area contributed by atoms with Crippen molar-refractivity contribution in [2.45, 2.75) is 51.5 Å². The van der Waals surface area contributed by atoms with Gasteiger partial charge in [0, 0.05) is 24.1 Å². The molecule has 1 aromatic heterocycles. The molecule has 0 bridgehead atoms. The first-order chi connectivity index (χ1) is 9.19. The quantitative estimate of drug-likeness (QED) is 0.875. The van der Waals surface area contributed by atoms with Gasteiger partial charge in [-0.15, -0.1) is 0 Å². The molecular formula is C15H23N3O. The standard InChI is InChI=1S/C15H23N3O/c1-2-13(16)15(8-4-3-5-9-15)14(19)18-12-6-10-17-11-7-12/h6-7,10-11,13H,2-5,8-9,16H2,1H3,(H,17,18,19). The van der Waals surface area contributed by atoms with Gasteiger partial charge in [0.2, 0.25) is 5.91 Å². The Morgan fingerprint density at radius 2 is 2.00 bits per heavy atom. The number of aromatic nitrogens is 1. The zero-order chi connectivity index (χ0) is 13.7. The van der Waals surface area contributed by atoms with E-state index in [-0.39, 0.29) is 11.9 Å². The number of pyridine rings is 1. The highest BCUT2D eigenvalue weighted by Gasteiger charge is 2.43. The number of nitrogens with two attached hydrogens (primary N) is 1. The van der Waals surface area contributed by atoms with Gasteiger partial charge in [-0.3, -0.25) is 9.78 Å². The molecule has 0 saturated heterocycles. The van der Waals surface area contributed by atoms with Crippen molar-refractivity contribution >= 4 is 11.6 Å². The summed E-state index contributed by atoms with van der Waals surface area (Å²) >= 11 is 0. The fraction of sp³-hybridized carbons (Fsp3) is 0.600. The third-order valence-corrected chi connectivity index (χ3v) is 4.29. The fourth-order valence-corrected chi connectivity index (χ4v) is 3.03. The largest absolute Gasteiger partial charge is 0.327 e. The van der Waals surface area contributed by atoms with E-state index in [2.05, 4.69) is 17.2 Å². The summed E-state index contributed by atoms with van der Waals surface area (Å²) in [5, 5.41) is 3.01. The second kappa shape index (κ2) is 6.15. The molecule has 3 N–H and O–H groups in total. The number of amides is 1. The van der Waals surface area contributed by atoms with E-state index in [4.69, 9.17) is 5.73 Å². The Kier molecular flexibility index (Phi) is 4.53. The molecule has 1 fully saturated rings. The second-order valence-electron chi connectivity index (χ2n) is 5.42. The number of nitrogens with zero attached hydrogens (tertiary/aromatic N) is 1. The maximum atomic E-state index is 12.7. The first-order valence-corrected chi connectivity index (χ1v) is 7.16. The molecule has 4 heteroatoms. The van der Waals surface area contributed by atoms with Crippen molar-refractivity contribution in [1.82, 2.24) is 4.98 Å². The summed E-state index contributed by atoms with van der Waals surface area (Å²) in [5.74, 6) is 0.0766. The number of carbonyl (C=O) groups is 1. The van der Waals surface area contributed by atoms with Crippen LogP contribution in [0.15, 0.2) is 24.5 Å². The minimum atomic E-state index is -0.393. The Bertz CT molecular complexity index is 413. The molecule has 4 nitrogen and oxygen atoms in total. The van der Waals surface area contributed by atoms with Crippen LogP contribution in [0.2, 0.25) is 0 Å². The molecule has 1 aliphatic carbocycles. The van der Waals surface area contributed by atoms with Crippen molar-refractivity contribution in [3.8, 4) is 0 Å². The van der Waals surface area contributed by atoms with Crippen molar-refractivity contribution in [3.63, 3.8) is 0 Å². The first kappa shape index (κ1) is 14.0. The minimum absolute atomic E-state index is 0.0605. The van der Waals surface area contributed by atoms with Crippen LogP contribution in [0.1, 0.15) is 45.4 Å². The topological polar surface area (TPSA) is 68.0 Å². The molecule has 1 atom stereocenters. The van der Waals surface area contributed by atoms with Gasteiger partial charge in [0.25, 0.3) is 0 Å². The van der Waals surface area contributed by atoms with Gasteiger partial charge in [-0.25, -0.2) is 0 Å². The van der Waals surface area contributed by atoms with Crippen LogP contribution in [-0.2, 0) is 4.79 Å². The van der Waals surface area contributed by atoms with Crippen LogP contribution in [0, 0.1) is 5.41 Å². The molecule has 104 valence electrons. The van der Waals surface area contributed by atoms with Crippen molar-refractivity contribution in [2.75, 3.05) is 5.32 Å². The highest BCUT2D eigenvalue weighted by Crippen LogP contribution is 2.40. The van der Waals surface area contributed by atoms with Gasteiger partial charge in [0.1, 0.15) is 0 Å². The Balaban J connectivity index is 2.16. The summed E-state index contributed by atoms with van der Waals surface area (Å²) in [7, 11) is 0. The van der Waals surface area contributed by atoms with E-state index in [9.17, 15) is 4.79 Å². The van der Waals surface area contributed by atoms with Crippen molar-refractivity contribution in [1.29, 1.82) is 0 Å². The Hall–Kier alpha value is -1.42. The average molecular weight is 261 g/mol. The molecule has 0 spiro atoms. The Morgan fingerprint density at radius 1 is 1.37 bits per heavy atom. The number of nitrogens with one attached hydrogen (secondary N) is 1. The van der Waals surface area contributed by atoms with Crippen LogP contribution in [0.25, 0.3) is 0 Å². The van der Waals surface area contributed by atoms with E-state index in [1.807, 2.05) is 12.1 Å². The molecule has 19 heavy (non-hydrogen) atoms. The molecule has 0 aliphatic heterocycles. The molecule has 2 rings (SSSR count). The lowest BCUT2D eigenvalue weighted by molar-refractivity contribution is -0.128. The molecule has 1 aliphatic rings. The van der Waals surface area contributed by atoms with Crippen LogP contribution < -0.4 is 11.1 Å². The third-order valence-electron chi connectivity index (χ3n) is 4.29. The summed E-state index contributed by atoms with van der Waals surface area (Å²) in [6.07, 6.45) is 9.41. The van der Waals surface area contributed by atoms with Gasteiger partial charge in [-0.1, -0.05) is 26.2 Å². The van der Waals surface area contributed by atoms with E-state index in [1.165, 1.54) is 6.42 Å². The molecule has 1 aromatic rings. The summed E-state index contributed by atoms with van der Waals surface area (Å²) in [5.41, 5.74) is 6.67. The summed E-state index contributed by atoms with van der Waals surface area (Å²) in [4.78, 5) is 16.6. The molecule has 1 saturated carbocycles. The van der Waals surface area contributed by atoms with E-state index < -0.39 is 5.41 Å². The lowest BCUT2D eigenvalue weighted by Gasteiger charge is -2.40. The third kappa shape index (κ3) is 2.95. The maximum absolute atomic E-state index is 12.7. The van der Waals surface area contributed by atoms with Gasteiger partial charge < -0.3 is 11.1 Å². The van der Waals surface area contributed by atoms with E-state index in [0.717, 1.165) is 37.8 Å². The smallest absolute Gasteiger partial charge is 0.232 e. The second-order valence-corrected chi connectivity index (χ2v) is 5.42. The van der Waals surface area contributed by atoms with Crippen molar-refractivity contribution in [2.24, 2.45) is 11.1 Å². The van der Waals surface area contributed by atoms with Gasteiger partial charge >= 0.3 is 0 Å². The molecule has 1 unspecified atom stereocenters. The van der Waals surface area contributed by atoms with Crippen LogP contribution in [0.3, 0.4) is 0 Å². The Labute approximate surface area is 114 Å². The first-order valence-electron chi connectivity index (χ1n) is 7.16. The maximum Gasteiger partial charge on any atom is 0.232 e. The zero-order valence-electron chi connectivity index (χ0n) is 11.6. The molecule has 1 amide bonds. The van der Waals surface area contributed by atoms with E-state index in [1.54, 1.807) is 12.4 Å². The monoisotopic (exact) mass is 261 g/mol. The predicted octanol–water partition coefficient (Wildman–Crippen LogP) is 2.71. The molecule has 1 heterocycles. The number of hydrogen-bond acceptors (Lipinski definition) is 3. The lowest BCUT2D eigenvalue weighted by Crippen LogP contribution is -2.51. The normalized spacial score (nSPS) is 19.7. The van der Waals surface area contributed by atoms with E-state index in [0.29, 0.717) is 0 Å². The van der Waals surface area contributed by atoms with Crippen LogP contribution >= 0.6 is 0 Å². The number of carbonyl (C=O) groups excluding carboxylic acids is 1. The highest BCUT2D eigenvalue weighted by molar-refractivity contribution is 5.95. The number of anilines is 1. The van der Waals surface area contributed by atoms with Gasteiger partial charge in [-0.2, -0.15) is 0 Å². The average Bonchev–Trinajstić information content (AvgIpc) is 2.48. The minimum Gasteiger partial charge on any atom is -0.327 e. The lowest BCUT2D eigenvalue weighted by atomic mass is 9.68. The Morgan fingerprint density at radius 3 is 2.58 bits per heavy atom. The SMILES string of the molecule is CCC(N)C1(C(=O)Nc2ccncc2)CCCCC1. The van der Waals surface area contributed by atoms with E-state index >= 15 is 0 Å². The fourth-order valence-electron chi connectivity index (χ4n) is 3.03. The highest BCUT2D eigenvalue weighted by atomic mass is 16.2. The summed E-state index contributed by atoms with van der Waals surface area (Å²) in [6.45, 7) is 2.06. The number of rotatable bonds is 4. The van der Waals surface area contributed by atoms with Crippen molar-refractivity contribution in [3.05, 3.63) is 24.5 Å². The van der Waals surface area contributed by atoms with Crippen molar-refractivity contribution < 1.29 is 4.79 Å². The van der Waals surface area contributed by atoms with Crippen LogP contribution in [0.5, 0.6) is 0 Å². The number of hydrogen-bond donors (Lipinski definition) is 2. The summed E-state index contributed by atoms with van der Waals surface area (Å²) in [6, 6.07) is 3.56. The van der Waals surface area contributed by atoms with Crippen LogP contribution in [-0.4, -0.2) is 16.9 Å².